The molecule has 2 heteroatoms. The highest BCUT2D eigenvalue weighted by Crippen LogP contribution is 2.54. The van der Waals surface area contributed by atoms with Gasteiger partial charge in [0.1, 0.15) is 11.5 Å². The van der Waals surface area contributed by atoms with Gasteiger partial charge in [0.05, 0.1) is 0 Å². The summed E-state index contributed by atoms with van der Waals surface area (Å²) in [6.45, 7) is 4.68. The molecule has 2 aliphatic rings. The molecule has 57 heavy (non-hydrogen) atoms. The number of hydrogen-bond acceptors (Lipinski definition) is 2. The van der Waals surface area contributed by atoms with Gasteiger partial charge in [0.2, 0.25) is 0 Å². The summed E-state index contributed by atoms with van der Waals surface area (Å²) in [5.74, 6) is 1.67. The monoisotopic (exact) mass is 729 g/mol. The van der Waals surface area contributed by atoms with Crippen LogP contribution in [-0.2, 0) is 5.41 Å². The van der Waals surface area contributed by atoms with Crippen molar-refractivity contribution in [2.75, 3.05) is 4.90 Å². The van der Waals surface area contributed by atoms with E-state index in [1.165, 1.54) is 60.8 Å². The van der Waals surface area contributed by atoms with Crippen molar-refractivity contribution in [3.63, 3.8) is 0 Å². The van der Waals surface area contributed by atoms with Crippen LogP contribution in [0.5, 0.6) is 11.5 Å². The molecule has 0 aromatic heterocycles. The van der Waals surface area contributed by atoms with Crippen molar-refractivity contribution in [2.45, 2.75) is 19.3 Å². The van der Waals surface area contributed by atoms with Crippen LogP contribution in [-0.4, -0.2) is 0 Å². The van der Waals surface area contributed by atoms with Gasteiger partial charge in [0.15, 0.2) is 0 Å². The first-order chi connectivity index (χ1) is 28.0. The zero-order valence-electron chi connectivity index (χ0n) is 31.9. The molecule has 0 fully saturated rings. The second-order valence-electron chi connectivity index (χ2n) is 15.7. The quantitative estimate of drug-likeness (QED) is 0.175. The fourth-order valence-corrected chi connectivity index (χ4v) is 9.23. The molecule has 0 unspecified atom stereocenters. The van der Waals surface area contributed by atoms with Crippen LogP contribution in [0, 0.1) is 0 Å². The van der Waals surface area contributed by atoms with Crippen molar-refractivity contribution in [3.05, 3.63) is 211 Å². The molecule has 1 aliphatic heterocycles. The molecule has 0 spiro atoms. The van der Waals surface area contributed by atoms with Gasteiger partial charge in [-0.25, -0.2) is 0 Å². The van der Waals surface area contributed by atoms with Crippen LogP contribution in [0.1, 0.15) is 25.0 Å². The van der Waals surface area contributed by atoms with Gasteiger partial charge in [0, 0.05) is 45.2 Å². The highest BCUT2D eigenvalue weighted by Gasteiger charge is 2.35. The molecular formula is C55H39NO. The molecule has 0 bridgehead atoms. The third-order valence-corrected chi connectivity index (χ3v) is 12.1. The molecule has 1 heterocycles. The maximum Gasteiger partial charge on any atom is 0.137 e. The number of nitrogens with zero attached hydrogens (tertiary/aromatic N) is 1. The van der Waals surface area contributed by atoms with E-state index < -0.39 is 0 Å². The Hall–Kier alpha value is -7.16. The van der Waals surface area contributed by atoms with E-state index in [1.807, 2.05) is 0 Å². The number of benzene rings is 9. The van der Waals surface area contributed by atoms with Gasteiger partial charge in [-0.05, 0) is 109 Å². The maximum atomic E-state index is 7.10. The van der Waals surface area contributed by atoms with Crippen molar-refractivity contribution in [2.24, 2.45) is 0 Å². The summed E-state index contributed by atoms with van der Waals surface area (Å²) in [6, 6.07) is 72.5. The number of fused-ring (bicyclic) bond motifs is 10. The lowest BCUT2D eigenvalue weighted by atomic mass is 9.82. The molecule has 0 N–H and O–H groups in total. The molecule has 0 saturated heterocycles. The Morgan fingerprint density at radius 1 is 0.368 bits per heavy atom. The van der Waals surface area contributed by atoms with Crippen molar-refractivity contribution >= 4 is 27.8 Å². The zero-order valence-corrected chi connectivity index (χ0v) is 31.9. The first-order valence-electron chi connectivity index (χ1n) is 19.8. The predicted molar refractivity (Wildman–Crippen MR) is 238 cm³/mol. The van der Waals surface area contributed by atoms with Crippen LogP contribution in [0.25, 0.3) is 66.4 Å². The van der Waals surface area contributed by atoms with E-state index in [-0.39, 0.29) is 5.41 Å². The molecule has 9 aromatic carbocycles. The van der Waals surface area contributed by atoms with Crippen molar-refractivity contribution in [3.8, 4) is 67.1 Å². The highest BCUT2D eigenvalue weighted by atomic mass is 16.5. The minimum atomic E-state index is -0.0790. The molecule has 270 valence electrons. The molecule has 11 rings (SSSR count). The lowest BCUT2D eigenvalue weighted by molar-refractivity contribution is 0.488. The van der Waals surface area contributed by atoms with Gasteiger partial charge in [-0.2, -0.15) is 0 Å². The van der Waals surface area contributed by atoms with Gasteiger partial charge >= 0.3 is 0 Å². The largest absolute Gasteiger partial charge is 0.456 e. The summed E-state index contributed by atoms with van der Waals surface area (Å²) < 4.78 is 7.10. The molecule has 0 atom stereocenters. The summed E-state index contributed by atoms with van der Waals surface area (Å²) in [4.78, 5) is 2.39. The van der Waals surface area contributed by atoms with Crippen molar-refractivity contribution in [1.29, 1.82) is 0 Å². The molecule has 0 radical (unpaired) electrons. The van der Waals surface area contributed by atoms with E-state index in [4.69, 9.17) is 4.74 Å². The summed E-state index contributed by atoms with van der Waals surface area (Å²) in [6.07, 6.45) is 0. The Labute approximate surface area is 333 Å². The van der Waals surface area contributed by atoms with E-state index in [9.17, 15) is 0 Å². The third-order valence-electron chi connectivity index (χ3n) is 12.1. The van der Waals surface area contributed by atoms with Crippen molar-refractivity contribution in [1.82, 2.24) is 0 Å². The second kappa shape index (κ2) is 13.0. The Bertz CT molecular complexity index is 3020. The topological polar surface area (TPSA) is 12.5 Å². The van der Waals surface area contributed by atoms with Crippen LogP contribution in [0.2, 0.25) is 0 Å². The van der Waals surface area contributed by atoms with E-state index >= 15 is 0 Å². The highest BCUT2D eigenvalue weighted by molar-refractivity contribution is 6.07. The average molecular weight is 730 g/mol. The van der Waals surface area contributed by atoms with Crippen LogP contribution >= 0.6 is 0 Å². The molecule has 0 amide bonds. The smallest absolute Gasteiger partial charge is 0.137 e. The standard InChI is InChI=1S/C55H39NO/c1-55(2)50-23-12-11-22-45(50)48-34-42(27-30-51(48)55)56(41-20-13-19-39(32-41)36-14-5-3-6-15-36)43-26-29-47-53(35-43)57-52-31-25-40(37-16-7-4-8-17-37)33-49(52)46-28-24-38-18-9-10-21-44(38)54(46)47/h3-35H,1-2H3. The molecule has 9 aromatic rings. The molecule has 0 saturated carbocycles. The number of rotatable bonds is 5. The fourth-order valence-electron chi connectivity index (χ4n) is 9.23. The van der Waals surface area contributed by atoms with Gasteiger partial charge in [-0.3, -0.25) is 0 Å². The van der Waals surface area contributed by atoms with Crippen LogP contribution < -0.4 is 9.64 Å². The minimum absolute atomic E-state index is 0.0790. The van der Waals surface area contributed by atoms with Gasteiger partial charge in [-0.1, -0.05) is 159 Å². The number of anilines is 3. The van der Waals surface area contributed by atoms with Gasteiger partial charge in [-0.15, -0.1) is 0 Å². The Kier molecular flexibility index (Phi) is 7.55. The summed E-state index contributed by atoms with van der Waals surface area (Å²) >= 11 is 0. The maximum absolute atomic E-state index is 7.10. The van der Waals surface area contributed by atoms with Crippen molar-refractivity contribution < 1.29 is 4.74 Å². The van der Waals surface area contributed by atoms with E-state index in [0.29, 0.717) is 0 Å². The van der Waals surface area contributed by atoms with Gasteiger partial charge in [0.25, 0.3) is 0 Å². The van der Waals surface area contributed by atoms with Gasteiger partial charge < -0.3 is 9.64 Å². The normalized spacial score (nSPS) is 13.0. The second-order valence-corrected chi connectivity index (χ2v) is 15.7. The lowest BCUT2D eigenvalue weighted by Gasteiger charge is -2.28. The molecule has 1 aliphatic carbocycles. The number of ether oxygens (including phenoxy) is 1. The summed E-state index contributed by atoms with van der Waals surface area (Å²) in [7, 11) is 0. The third kappa shape index (κ3) is 5.40. The Morgan fingerprint density at radius 2 is 1.00 bits per heavy atom. The Balaban J connectivity index is 1.13. The van der Waals surface area contributed by atoms with Crippen LogP contribution in [0.15, 0.2) is 200 Å². The number of hydrogen-bond donors (Lipinski definition) is 0. The molecular weight excluding hydrogens is 691 g/mol. The predicted octanol–water partition coefficient (Wildman–Crippen LogP) is 15.4. The first-order valence-corrected chi connectivity index (χ1v) is 19.8. The van der Waals surface area contributed by atoms with E-state index in [2.05, 4.69) is 219 Å². The first kappa shape index (κ1) is 33.2. The lowest BCUT2D eigenvalue weighted by Crippen LogP contribution is -2.15. The van der Waals surface area contributed by atoms with Crippen LogP contribution in [0.3, 0.4) is 0 Å². The SMILES string of the molecule is CC1(C)c2ccccc2-c2cc(N(c3cccc(-c4ccccc4)c3)c3ccc4c(c3)Oc3ccc(-c5ccccc5)cc3-c3ccc5ccccc5c3-4)ccc21. The molecule has 2 nitrogen and oxygen atoms in total. The zero-order chi connectivity index (χ0) is 38.1. The summed E-state index contributed by atoms with van der Waals surface area (Å²) in [5, 5.41) is 2.41. The van der Waals surface area contributed by atoms with E-state index in [1.54, 1.807) is 0 Å². The Morgan fingerprint density at radius 3 is 1.82 bits per heavy atom. The van der Waals surface area contributed by atoms with Crippen LogP contribution in [0.4, 0.5) is 17.1 Å². The minimum Gasteiger partial charge on any atom is -0.456 e. The average Bonchev–Trinajstić information content (AvgIpc) is 3.39. The fraction of sp³-hybridized carbons (Fsp3) is 0.0545. The summed E-state index contributed by atoms with van der Waals surface area (Å²) in [5.41, 5.74) is 17.6. The van der Waals surface area contributed by atoms with E-state index in [0.717, 1.165) is 45.3 Å².